The molecule has 0 spiro atoms. The van der Waals surface area contributed by atoms with Crippen molar-refractivity contribution in [2.75, 3.05) is 7.05 Å². The van der Waals surface area contributed by atoms with Crippen molar-refractivity contribution in [2.24, 2.45) is 0 Å². The van der Waals surface area contributed by atoms with E-state index in [9.17, 15) is 13.6 Å². The van der Waals surface area contributed by atoms with Gasteiger partial charge >= 0.3 is 0 Å². The Morgan fingerprint density at radius 1 is 1.05 bits per heavy atom. The molecule has 5 heteroatoms. The van der Waals surface area contributed by atoms with Crippen molar-refractivity contribution in [3.63, 3.8) is 0 Å². The fraction of sp³-hybridized carbons (Fsp3) is 0.188. The van der Waals surface area contributed by atoms with E-state index >= 15 is 0 Å². The number of amides is 1. The predicted octanol–water partition coefficient (Wildman–Crippen LogP) is 2.61. The molecule has 2 rings (SSSR count). The highest BCUT2D eigenvalue weighted by atomic mass is 19.1. The molecule has 3 nitrogen and oxygen atoms in total. The second kappa shape index (κ2) is 6.95. The maximum atomic E-state index is 13.4. The Bertz CT molecular complexity index is 627. The Labute approximate surface area is 122 Å². The number of nitrogens with one attached hydrogen (secondary N) is 2. The maximum absolute atomic E-state index is 13.4. The monoisotopic (exact) mass is 290 g/mol. The molecule has 0 radical (unpaired) electrons. The molecule has 0 bridgehead atoms. The lowest BCUT2D eigenvalue weighted by Gasteiger charge is -2.07. The highest BCUT2D eigenvalue weighted by Crippen LogP contribution is 2.10. The van der Waals surface area contributed by atoms with Gasteiger partial charge in [-0.15, -0.1) is 0 Å². The van der Waals surface area contributed by atoms with Crippen molar-refractivity contribution in [3.8, 4) is 0 Å². The molecule has 0 saturated carbocycles. The summed E-state index contributed by atoms with van der Waals surface area (Å²) in [5.74, 6) is -1.03. The maximum Gasteiger partial charge on any atom is 0.251 e. The summed E-state index contributed by atoms with van der Waals surface area (Å²) in [5.41, 5.74) is 1.83. The first-order valence-electron chi connectivity index (χ1n) is 6.56. The molecular weight excluding hydrogens is 274 g/mol. The zero-order valence-electron chi connectivity index (χ0n) is 11.6. The van der Waals surface area contributed by atoms with E-state index < -0.39 is 11.6 Å². The molecule has 0 unspecified atom stereocenters. The molecule has 0 aliphatic heterocycles. The Kier molecular flexibility index (Phi) is 5.00. The van der Waals surface area contributed by atoms with E-state index in [2.05, 4.69) is 10.6 Å². The molecule has 2 N–H and O–H groups in total. The number of hydrogen-bond donors (Lipinski definition) is 2. The summed E-state index contributed by atoms with van der Waals surface area (Å²) in [5, 5.41) is 5.59. The smallest absolute Gasteiger partial charge is 0.251 e. The van der Waals surface area contributed by atoms with Crippen LogP contribution in [0, 0.1) is 11.6 Å². The second-order valence-electron chi connectivity index (χ2n) is 4.62. The normalized spacial score (nSPS) is 10.4. The van der Waals surface area contributed by atoms with Crippen LogP contribution < -0.4 is 10.6 Å². The molecule has 0 aromatic heterocycles. The van der Waals surface area contributed by atoms with Gasteiger partial charge in [-0.1, -0.05) is 12.1 Å². The van der Waals surface area contributed by atoms with Crippen LogP contribution in [0.4, 0.5) is 8.78 Å². The molecule has 2 aromatic rings. The molecule has 0 saturated heterocycles. The van der Waals surface area contributed by atoms with Crippen molar-refractivity contribution in [2.45, 2.75) is 13.1 Å². The van der Waals surface area contributed by atoms with E-state index in [4.69, 9.17) is 0 Å². The third kappa shape index (κ3) is 4.10. The van der Waals surface area contributed by atoms with Gasteiger partial charge in [0.1, 0.15) is 11.6 Å². The van der Waals surface area contributed by atoms with Crippen molar-refractivity contribution in [3.05, 3.63) is 70.8 Å². The van der Waals surface area contributed by atoms with Crippen LogP contribution in [0.5, 0.6) is 0 Å². The Hall–Kier alpha value is -2.27. The molecule has 0 fully saturated rings. The van der Waals surface area contributed by atoms with Crippen LogP contribution in [0.3, 0.4) is 0 Å². The van der Waals surface area contributed by atoms with Crippen molar-refractivity contribution >= 4 is 5.91 Å². The molecule has 2 aromatic carbocycles. The summed E-state index contributed by atoms with van der Waals surface area (Å²) in [4.78, 5) is 11.4. The van der Waals surface area contributed by atoms with Gasteiger partial charge in [0.2, 0.25) is 0 Å². The lowest BCUT2D eigenvalue weighted by atomic mass is 10.1. The van der Waals surface area contributed by atoms with E-state index in [0.29, 0.717) is 12.1 Å². The Balaban J connectivity index is 1.91. The first-order valence-corrected chi connectivity index (χ1v) is 6.56. The number of hydrogen-bond acceptors (Lipinski definition) is 2. The van der Waals surface area contributed by atoms with Crippen LogP contribution in [-0.4, -0.2) is 13.0 Å². The first kappa shape index (κ1) is 15.1. The fourth-order valence-corrected chi connectivity index (χ4v) is 1.94. The minimum Gasteiger partial charge on any atom is -0.355 e. The second-order valence-corrected chi connectivity index (χ2v) is 4.62. The number of benzene rings is 2. The fourth-order valence-electron chi connectivity index (χ4n) is 1.94. The third-order valence-corrected chi connectivity index (χ3v) is 3.10. The van der Waals surface area contributed by atoms with Crippen molar-refractivity contribution < 1.29 is 13.6 Å². The first-order chi connectivity index (χ1) is 10.1. The minimum atomic E-state index is -0.455. The summed E-state index contributed by atoms with van der Waals surface area (Å²) in [7, 11) is 1.57. The van der Waals surface area contributed by atoms with Crippen LogP contribution in [0.15, 0.2) is 42.5 Å². The largest absolute Gasteiger partial charge is 0.355 e. The van der Waals surface area contributed by atoms with E-state index in [1.165, 1.54) is 6.07 Å². The van der Waals surface area contributed by atoms with Gasteiger partial charge in [0.25, 0.3) is 5.91 Å². The van der Waals surface area contributed by atoms with Crippen LogP contribution in [0.2, 0.25) is 0 Å². The zero-order chi connectivity index (χ0) is 15.2. The summed E-state index contributed by atoms with van der Waals surface area (Å²) in [6.07, 6.45) is 0. The van der Waals surface area contributed by atoms with Crippen molar-refractivity contribution in [1.82, 2.24) is 10.6 Å². The van der Waals surface area contributed by atoms with Gasteiger partial charge < -0.3 is 10.6 Å². The SMILES string of the molecule is CNC(=O)c1ccc(CNCc2cc(F)ccc2F)cc1. The lowest BCUT2D eigenvalue weighted by Crippen LogP contribution is -2.18. The summed E-state index contributed by atoms with van der Waals surface area (Å²) >= 11 is 0. The summed E-state index contributed by atoms with van der Waals surface area (Å²) in [6, 6.07) is 10.5. The van der Waals surface area contributed by atoms with Crippen LogP contribution >= 0.6 is 0 Å². The van der Waals surface area contributed by atoms with E-state index in [1.54, 1.807) is 19.2 Å². The van der Waals surface area contributed by atoms with Crippen molar-refractivity contribution in [1.29, 1.82) is 0 Å². The molecule has 21 heavy (non-hydrogen) atoms. The summed E-state index contributed by atoms with van der Waals surface area (Å²) < 4.78 is 26.4. The quantitative estimate of drug-likeness (QED) is 0.888. The molecule has 0 aliphatic carbocycles. The molecule has 0 atom stereocenters. The van der Waals surface area contributed by atoms with Gasteiger partial charge in [0.15, 0.2) is 0 Å². The molecule has 0 heterocycles. The number of rotatable bonds is 5. The van der Waals surface area contributed by atoms with E-state index in [1.807, 2.05) is 12.1 Å². The number of carbonyl (C=O) groups excluding carboxylic acids is 1. The molecule has 1 amide bonds. The number of carbonyl (C=O) groups is 1. The summed E-state index contributed by atoms with van der Waals surface area (Å²) in [6.45, 7) is 0.741. The van der Waals surface area contributed by atoms with E-state index in [0.717, 1.165) is 17.7 Å². The highest BCUT2D eigenvalue weighted by molar-refractivity contribution is 5.93. The topological polar surface area (TPSA) is 41.1 Å². The molecule has 0 aliphatic rings. The van der Waals surface area contributed by atoms with Crippen LogP contribution in [-0.2, 0) is 13.1 Å². The van der Waals surface area contributed by atoms with Crippen LogP contribution in [0.25, 0.3) is 0 Å². The molecular formula is C16H16F2N2O. The van der Waals surface area contributed by atoms with Gasteiger partial charge in [0, 0.05) is 31.3 Å². The zero-order valence-corrected chi connectivity index (χ0v) is 11.6. The predicted molar refractivity (Wildman–Crippen MR) is 76.7 cm³/mol. The standard InChI is InChI=1S/C16H16F2N2O/c1-19-16(21)12-4-2-11(3-5-12)9-20-10-13-8-14(17)6-7-15(13)18/h2-8,20H,9-10H2,1H3,(H,19,21). The van der Waals surface area contributed by atoms with Gasteiger partial charge in [-0.05, 0) is 35.9 Å². The van der Waals surface area contributed by atoms with Gasteiger partial charge in [0.05, 0.1) is 0 Å². The highest BCUT2D eigenvalue weighted by Gasteiger charge is 2.04. The van der Waals surface area contributed by atoms with E-state index in [-0.39, 0.29) is 18.0 Å². The van der Waals surface area contributed by atoms with Crippen LogP contribution in [0.1, 0.15) is 21.5 Å². The minimum absolute atomic E-state index is 0.142. The Morgan fingerprint density at radius 3 is 2.43 bits per heavy atom. The van der Waals surface area contributed by atoms with Gasteiger partial charge in [-0.2, -0.15) is 0 Å². The third-order valence-electron chi connectivity index (χ3n) is 3.10. The average molecular weight is 290 g/mol. The number of halogens is 2. The molecule has 110 valence electrons. The Morgan fingerprint density at radius 2 is 1.76 bits per heavy atom. The van der Waals surface area contributed by atoms with Gasteiger partial charge in [-0.25, -0.2) is 8.78 Å². The average Bonchev–Trinajstić information content (AvgIpc) is 2.50. The van der Waals surface area contributed by atoms with Gasteiger partial charge in [-0.3, -0.25) is 4.79 Å². The lowest BCUT2D eigenvalue weighted by molar-refractivity contribution is 0.0963.